The Labute approximate surface area is 212 Å². The fourth-order valence-corrected chi connectivity index (χ4v) is 6.02. The maximum atomic E-state index is 11.9. The van der Waals surface area contributed by atoms with Gasteiger partial charge in [-0.15, -0.1) is 0 Å². The summed E-state index contributed by atoms with van der Waals surface area (Å²) in [5.74, 6) is 0.0308. The summed E-state index contributed by atoms with van der Waals surface area (Å²) in [6, 6.07) is 12.9. The van der Waals surface area contributed by atoms with E-state index in [9.17, 15) is 9.59 Å². The predicted molar refractivity (Wildman–Crippen MR) is 136 cm³/mol. The summed E-state index contributed by atoms with van der Waals surface area (Å²) in [5.41, 5.74) is 2.72. The first kappa shape index (κ1) is 26.0. The monoisotopic (exact) mass is 495 g/mol. The van der Waals surface area contributed by atoms with Crippen molar-refractivity contribution in [1.82, 2.24) is 5.32 Å². The molecule has 1 saturated carbocycles. The summed E-state index contributed by atoms with van der Waals surface area (Å²) in [5, 5.41) is 21.1. The molecule has 2 aromatic rings. The molecule has 0 radical (unpaired) electrons. The van der Waals surface area contributed by atoms with Crippen molar-refractivity contribution in [2.24, 2.45) is 11.3 Å². The molecule has 0 spiro atoms. The van der Waals surface area contributed by atoms with E-state index >= 15 is 0 Å². The molecule has 5 rings (SSSR count). The van der Waals surface area contributed by atoms with Crippen LogP contribution in [0, 0.1) is 11.3 Å². The van der Waals surface area contributed by atoms with E-state index < -0.39 is 11.4 Å². The highest BCUT2D eigenvalue weighted by atomic mass is 16.7. The van der Waals surface area contributed by atoms with Crippen LogP contribution in [0.25, 0.3) is 0 Å². The summed E-state index contributed by atoms with van der Waals surface area (Å²) in [6.07, 6.45) is 7.68. The highest BCUT2D eigenvalue weighted by Gasteiger charge is 2.51. The molecule has 2 fully saturated rings. The first-order valence-electron chi connectivity index (χ1n) is 12.8. The van der Waals surface area contributed by atoms with E-state index in [1.54, 1.807) is 12.1 Å². The molecule has 0 unspecified atom stereocenters. The number of carboxylic acid groups (broad SMARTS) is 1. The number of ether oxygens (including phenoxy) is 2. The first-order chi connectivity index (χ1) is 17.1. The third-order valence-electron chi connectivity index (χ3n) is 7.78. The number of carbonyl (C=O) groups is 2. The maximum Gasteiger partial charge on any atom is 0.339 e. The lowest BCUT2D eigenvalue weighted by Gasteiger charge is -2.56. The average Bonchev–Trinajstić information content (AvgIpc) is 2.84. The van der Waals surface area contributed by atoms with Crippen LogP contribution in [0.15, 0.2) is 42.5 Å². The number of fused-ring (bicyclic) bond motifs is 1. The fraction of sp³-hybridized carbons (Fsp3) is 0.517. The zero-order valence-corrected chi connectivity index (χ0v) is 21.4. The van der Waals surface area contributed by atoms with Crippen LogP contribution in [-0.4, -0.2) is 41.5 Å². The van der Waals surface area contributed by atoms with E-state index in [-0.39, 0.29) is 24.1 Å². The molecule has 7 nitrogen and oxygen atoms in total. The van der Waals surface area contributed by atoms with Gasteiger partial charge >= 0.3 is 11.9 Å². The van der Waals surface area contributed by atoms with Gasteiger partial charge in [0.25, 0.3) is 0 Å². The molecule has 2 bridgehead atoms. The molecule has 3 aliphatic rings. The Kier molecular flexibility index (Phi) is 7.59. The Hall–Kier alpha value is -3.06. The molecule has 1 aliphatic heterocycles. The van der Waals surface area contributed by atoms with E-state index in [4.69, 9.17) is 19.7 Å². The predicted octanol–water partition coefficient (Wildman–Crippen LogP) is 5.05. The molecule has 1 heterocycles. The number of esters is 1. The summed E-state index contributed by atoms with van der Waals surface area (Å²) in [4.78, 5) is 22.2. The minimum absolute atomic E-state index is 0.0184. The number of rotatable bonds is 4. The molecular formula is C29H37NO6. The number of hydrogen-bond donors (Lipinski definition) is 3. The number of phenols is 1. The van der Waals surface area contributed by atoms with Crippen molar-refractivity contribution >= 4 is 11.9 Å². The summed E-state index contributed by atoms with van der Waals surface area (Å²) >= 11 is 0. The Morgan fingerprint density at radius 3 is 2.58 bits per heavy atom. The molecule has 2 aromatic carbocycles. The second-order valence-corrected chi connectivity index (χ2v) is 11.1. The smallest absolute Gasteiger partial charge is 0.339 e. The molecule has 0 amide bonds. The van der Waals surface area contributed by atoms with Gasteiger partial charge in [-0.05, 0) is 94.3 Å². The largest absolute Gasteiger partial charge is 0.507 e. The van der Waals surface area contributed by atoms with Gasteiger partial charge in [-0.3, -0.25) is 4.79 Å². The highest BCUT2D eigenvalue weighted by Crippen LogP contribution is 2.54. The first-order valence-corrected chi connectivity index (χ1v) is 12.8. The number of piperidine rings is 1. The van der Waals surface area contributed by atoms with Crippen molar-refractivity contribution in [1.29, 1.82) is 0 Å². The second-order valence-electron chi connectivity index (χ2n) is 11.1. The van der Waals surface area contributed by atoms with Gasteiger partial charge in [-0.25, -0.2) is 4.79 Å². The van der Waals surface area contributed by atoms with Gasteiger partial charge in [0, 0.05) is 11.5 Å². The summed E-state index contributed by atoms with van der Waals surface area (Å²) in [7, 11) is 0. The fourth-order valence-electron chi connectivity index (χ4n) is 6.02. The average molecular weight is 496 g/mol. The van der Waals surface area contributed by atoms with Gasteiger partial charge in [-0.1, -0.05) is 31.0 Å². The lowest BCUT2D eigenvalue weighted by Crippen LogP contribution is -2.59. The Morgan fingerprint density at radius 2 is 1.89 bits per heavy atom. The Morgan fingerprint density at radius 1 is 1.11 bits per heavy atom. The van der Waals surface area contributed by atoms with Crippen LogP contribution in [0.5, 0.6) is 11.5 Å². The van der Waals surface area contributed by atoms with Crippen LogP contribution in [0.4, 0.5) is 0 Å². The van der Waals surface area contributed by atoms with E-state index in [0.717, 1.165) is 24.6 Å². The van der Waals surface area contributed by atoms with Gasteiger partial charge < -0.3 is 25.0 Å². The van der Waals surface area contributed by atoms with Gasteiger partial charge in [-0.2, -0.15) is 0 Å². The van der Waals surface area contributed by atoms with Crippen molar-refractivity contribution in [3.05, 3.63) is 59.2 Å². The molecule has 3 N–H and O–H groups in total. The number of aromatic hydroxyl groups is 1. The lowest BCUT2D eigenvalue weighted by atomic mass is 9.53. The minimum Gasteiger partial charge on any atom is -0.507 e. The SMILES string of the molecule is CC(C)(C)C(=O)OCOc1ccc2c(c1)[C@]13CCCC[C@@H]1[C@H](C2)NCC3.O=C(O)c1ccccc1O. The van der Waals surface area contributed by atoms with Crippen LogP contribution >= 0.6 is 0 Å². The van der Waals surface area contributed by atoms with E-state index in [0.29, 0.717) is 11.5 Å². The zero-order valence-electron chi connectivity index (χ0n) is 21.4. The van der Waals surface area contributed by atoms with E-state index in [1.807, 2.05) is 26.8 Å². The molecule has 0 aromatic heterocycles. The van der Waals surface area contributed by atoms with Gasteiger partial charge in [0.05, 0.1) is 5.41 Å². The van der Waals surface area contributed by atoms with E-state index in [2.05, 4.69) is 17.4 Å². The van der Waals surface area contributed by atoms with Gasteiger partial charge in [0.2, 0.25) is 6.79 Å². The number of para-hydroxylation sites is 1. The van der Waals surface area contributed by atoms with Crippen LogP contribution in [0.1, 0.15) is 74.4 Å². The number of carbonyl (C=O) groups excluding carboxylic acids is 1. The number of nitrogens with one attached hydrogen (secondary N) is 1. The molecule has 194 valence electrons. The van der Waals surface area contributed by atoms with Crippen LogP contribution in [0.2, 0.25) is 0 Å². The lowest BCUT2D eigenvalue weighted by molar-refractivity contribution is -0.159. The van der Waals surface area contributed by atoms with Gasteiger partial charge in [0.15, 0.2) is 0 Å². The topological polar surface area (TPSA) is 105 Å². The standard InChI is InChI=1S/C22H31NO3.C7H6O3/c1-21(2,3)20(24)26-14-25-16-8-7-15-12-19-17-6-4-5-9-22(17,10-11-23-19)18(15)13-16;8-6-4-2-1-3-5(6)7(9)10/h7-8,13,17,19,23H,4-6,9-12,14H2,1-3H3;1-4,8H,(H,9,10)/t17-,19+,22+;/m1./s1. The minimum atomic E-state index is -1.11. The van der Waals surface area contributed by atoms with Crippen molar-refractivity contribution in [3.8, 4) is 11.5 Å². The maximum absolute atomic E-state index is 11.9. The van der Waals surface area contributed by atoms with Gasteiger partial charge in [0.1, 0.15) is 17.1 Å². The highest BCUT2D eigenvalue weighted by molar-refractivity contribution is 5.90. The van der Waals surface area contributed by atoms with Crippen LogP contribution in [-0.2, 0) is 21.4 Å². The number of carboxylic acids is 1. The number of aromatic carboxylic acids is 1. The molecule has 36 heavy (non-hydrogen) atoms. The van der Waals surface area contributed by atoms with Crippen LogP contribution in [0.3, 0.4) is 0 Å². The quantitative estimate of drug-likeness (QED) is 0.403. The number of benzene rings is 2. The van der Waals surface area contributed by atoms with Crippen molar-refractivity contribution < 1.29 is 29.3 Å². The normalized spacial score (nSPS) is 24.3. The van der Waals surface area contributed by atoms with Crippen LogP contribution < -0.4 is 10.1 Å². The molecule has 1 saturated heterocycles. The van der Waals surface area contributed by atoms with E-state index in [1.165, 1.54) is 55.4 Å². The molecule has 7 heteroatoms. The van der Waals surface area contributed by atoms with Crippen molar-refractivity contribution in [2.75, 3.05) is 13.3 Å². The second kappa shape index (κ2) is 10.5. The Balaban J connectivity index is 0.000000256. The zero-order chi connectivity index (χ0) is 25.9. The summed E-state index contributed by atoms with van der Waals surface area (Å²) in [6.45, 7) is 6.66. The third kappa shape index (κ3) is 5.36. The number of hydrogen-bond acceptors (Lipinski definition) is 6. The summed E-state index contributed by atoms with van der Waals surface area (Å²) < 4.78 is 11.1. The molecule has 2 aliphatic carbocycles. The third-order valence-corrected chi connectivity index (χ3v) is 7.78. The Bertz CT molecular complexity index is 1100. The molecule has 3 atom stereocenters. The van der Waals surface area contributed by atoms with Crippen molar-refractivity contribution in [2.45, 2.75) is 70.8 Å². The molecular weight excluding hydrogens is 458 g/mol. The van der Waals surface area contributed by atoms with Crippen molar-refractivity contribution in [3.63, 3.8) is 0 Å².